The van der Waals surface area contributed by atoms with E-state index in [9.17, 15) is 5.11 Å². The zero-order valence-corrected chi connectivity index (χ0v) is 13.2. The monoisotopic (exact) mass is 307 g/mol. The molecular formula is C15H21N3O2S. The molecule has 0 aliphatic carbocycles. The minimum absolute atomic E-state index is 0.210. The molecule has 1 aliphatic heterocycles. The van der Waals surface area contributed by atoms with Crippen molar-refractivity contribution >= 4 is 23.0 Å². The highest BCUT2D eigenvalue weighted by molar-refractivity contribution is 7.80. The predicted octanol–water partition coefficient (Wildman–Crippen LogP) is 2.07. The second-order valence-electron chi connectivity index (χ2n) is 5.17. The molecule has 0 saturated carbocycles. The molecule has 1 saturated heterocycles. The highest BCUT2D eigenvalue weighted by Crippen LogP contribution is 2.18. The van der Waals surface area contributed by atoms with Crippen molar-refractivity contribution in [2.45, 2.75) is 32.8 Å². The molecular weight excluding hydrogens is 286 g/mol. The summed E-state index contributed by atoms with van der Waals surface area (Å²) in [7, 11) is 0. The van der Waals surface area contributed by atoms with Gasteiger partial charge in [0.2, 0.25) is 0 Å². The van der Waals surface area contributed by atoms with Crippen LogP contribution in [0.4, 0.5) is 0 Å². The van der Waals surface area contributed by atoms with Gasteiger partial charge < -0.3 is 15.2 Å². The van der Waals surface area contributed by atoms with E-state index in [-0.39, 0.29) is 11.9 Å². The number of aryl methyl sites for hydroxylation is 1. The van der Waals surface area contributed by atoms with Crippen LogP contribution in [0.5, 0.6) is 5.75 Å². The predicted molar refractivity (Wildman–Crippen MR) is 87.8 cm³/mol. The summed E-state index contributed by atoms with van der Waals surface area (Å²) in [6, 6.07) is 5.41. The maximum Gasteiger partial charge on any atom is 0.187 e. The number of hydrazone groups is 1. The molecule has 2 rings (SSSR count). The highest BCUT2D eigenvalue weighted by Gasteiger charge is 2.15. The summed E-state index contributed by atoms with van der Waals surface area (Å²) in [4.78, 5) is 0. The Labute approximate surface area is 130 Å². The average Bonchev–Trinajstić information content (AvgIpc) is 2.98. The first-order chi connectivity index (χ1) is 10.1. The largest absolute Gasteiger partial charge is 0.507 e. The summed E-state index contributed by atoms with van der Waals surface area (Å²) < 4.78 is 5.51. The summed E-state index contributed by atoms with van der Waals surface area (Å²) >= 11 is 5.17. The van der Waals surface area contributed by atoms with E-state index < -0.39 is 0 Å². The number of rotatable bonds is 4. The quantitative estimate of drug-likeness (QED) is 0.451. The fraction of sp³-hybridized carbons (Fsp3) is 0.467. The molecule has 1 aliphatic rings. The van der Waals surface area contributed by atoms with Crippen LogP contribution < -0.4 is 10.7 Å². The van der Waals surface area contributed by atoms with Crippen LogP contribution in [-0.2, 0) is 4.74 Å². The number of thiocarbonyl (C=S) groups is 1. The van der Waals surface area contributed by atoms with Gasteiger partial charge in [0.1, 0.15) is 5.75 Å². The lowest BCUT2D eigenvalue weighted by Gasteiger charge is -2.12. The Morgan fingerprint density at radius 3 is 3.05 bits per heavy atom. The van der Waals surface area contributed by atoms with Crippen molar-refractivity contribution in [2.75, 3.05) is 13.2 Å². The van der Waals surface area contributed by atoms with Crippen LogP contribution in [-0.4, -0.2) is 35.2 Å². The third-order valence-electron chi connectivity index (χ3n) is 3.38. The minimum atomic E-state index is 0.210. The molecule has 0 amide bonds. The second-order valence-corrected chi connectivity index (χ2v) is 5.58. The number of hydrogen-bond acceptors (Lipinski definition) is 4. The van der Waals surface area contributed by atoms with Crippen molar-refractivity contribution in [3.63, 3.8) is 0 Å². The summed E-state index contributed by atoms with van der Waals surface area (Å²) in [5.74, 6) is 0.210. The topological polar surface area (TPSA) is 65.9 Å². The summed E-state index contributed by atoms with van der Waals surface area (Å²) in [5.41, 5.74) is 5.24. The van der Waals surface area contributed by atoms with Gasteiger partial charge in [0, 0.05) is 18.7 Å². The Balaban J connectivity index is 1.87. The number of nitrogens with zero attached hydrogens (tertiary/aromatic N) is 1. The first kappa shape index (κ1) is 15.7. The van der Waals surface area contributed by atoms with Crippen molar-refractivity contribution in [1.29, 1.82) is 0 Å². The van der Waals surface area contributed by atoms with Crippen molar-refractivity contribution in [1.82, 2.24) is 10.7 Å². The maximum atomic E-state index is 9.84. The molecule has 0 radical (unpaired) electrons. The van der Waals surface area contributed by atoms with Crippen LogP contribution in [0.3, 0.4) is 0 Å². The molecule has 0 unspecified atom stereocenters. The van der Waals surface area contributed by atoms with Crippen LogP contribution in [0.25, 0.3) is 0 Å². The maximum absolute atomic E-state index is 9.84. The molecule has 1 heterocycles. The van der Waals surface area contributed by atoms with Gasteiger partial charge in [-0.05, 0) is 51.0 Å². The number of phenolic OH excluding ortho intramolecular Hbond substituents is 1. The molecule has 6 heteroatoms. The second kappa shape index (κ2) is 7.38. The Hall–Kier alpha value is -1.66. The van der Waals surface area contributed by atoms with Gasteiger partial charge in [-0.25, -0.2) is 0 Å². The summed E-state index contributed by atoms with van der Waals surface area (Å²) in [6.07, 6.45) is 2.40. The average molecular weight is 307 g/mol. The Bertz CT molecular complexity index is 540. The van der Waals surface area contributed by atoms with E-state index in [1.807, 2.05) is 26.0 Å². The Morgan fingerprint density at radius 1 is 1.52 bits per heavy atom. The molecule has 0 bridgehead atoms. The SMILES string of the molecule is C/C(=N\NC(=S)NC[C@H]1CCCO1)c1cc(C)ccc1O. The fourth-order valence-corrected chi connectivity index (χ4v) is 2.31. The molecule has 1 aromatic carbocycles. The first-order valence-electron chi connectivity index (χ1n) is 7.06. The van der Waals surface area contributed by atoms with Gasteiger partial charge in [-0.3, -0.25) is 5.43 Å². The van der Waals surface area contributed by atoms with E-state index in [0.29, 0.717) is 22.9 Å². The molecule has 1 atom stereocenters. The summed E-state index contributed by atoms with van der Waals surface area (Å²) in [6.45, 7) is 5.31. The van der Waals surface area contributed by atoms with Crippen molar-refractivity contribution < 1.29 is 9.84 Å². The normalized spacial score (nSPS) is 18.6. The fourth-order valence-electron chi connectivity index (χ4n) is 2.19. The Kier molecular flexibility index (Phi) is 5.52. The highest BCUT2D eigenvalue weighted by atomic mass is 32.1. The van der Waals surface area contributed by atoms with Crippen molar-refractivity contribution in [2.24, 2.45) is 5.10 Å². The van der Waals surface area contributed by atoms with E-state index in [2.05, 4.69) is 15.8 Å². The number of nitrogens with one attached hydrogen (secondary N) is 2. The lowest BCUT2D eigenvalue weighted by atomic mass is 10.1. The van der Waals surface area contributed by atoms with Gasteiger partial charge in [-0.2, -0.15) is 5.10 Å². The molecule has 3 N–H and O–H groups in total. The molecule has 1 aromatic rings. The van der Waals surface area contributed by atoms with Gasteiger partial charge in [-0.1, -0.05) is 11.6 Å². The van der Waals surface area contributed by atoms with Crippen LogP contribution in [0.2, 0.25) is 0 Å². The molecule has 5 nitrogen and oxygen atoms in total. The lowest BCUT2D eigenvalue weighted by Crippen LogP contribution is -2.37. The molecule has 21 heavy (non-hydrogen) atoms. The van der Waals surface area contributed by atoms with E-state index in [4.69, 9.17) is 17.0 Å². The number of ether oxygens (including phenoxy) is 1. The van der Waals surface area contributed by atoms with Gasteiger partial charge in [0.25, 0.3) is 0 Å². The smallest absolute Gasteiger partial charge is 0.187 e. The lowest BCUT2D eigenvalue weighted by molar-refractivity contribution is 0.114. The van der Waals surface area contributed by atoms with E-state index in [0.717, 1.165) is 25.0 Å². The third-order valence-corrected chi connectivity index (χ3v) is 3.62. The zero-order chi connectivity index (χ0) is 15.2. The first-order valence-corrected chi connectivity index (χ1v) is 7.47. The Morgan fingerprint density at radius 2 is 2.33 bits per heavy atom. The number of hydrogen-bond donors (Lipinski definition) is 3. The van der Waals surface area contributed by atoms with Crippen LogP contribution in [0.1, 0.15) is 30.9 Å². The standard InChI is InChI=1S/C15H21N3O2S/c1-10-5-6-14(19)13(8-10)11(2)17-18-15(21)16-9-12-4-3-7-20-12/h5-6,8,12,19H,3-4,7,9H2,1-2H3,(H2,16,18,21)/b17-11+/t12-/m1/s1. The molecule has 1 fully saturated rings. The van der Waals surface area contributed by atoms with Crippen LogP contribution in [0, 0.1) is 6.92 Å². The number of aromatic hydroxyl groups is 1. The minimum Gasteiger partial charge on any atom is -0.507 e. The van der Waals surface area contributed by atoms with Crippen molar-refractivity contribution in [3.05, 3.63) is 29.3 Å². The number of benzene rings is 1. The molecule has 114 valence electrons. The van der Waals surface area contributed by atoms with Crippen LogP contribution in [0.15, 0.2) is 23.3 Å². The third kappa shape index (κ3) is 4.68. The van der Waals surface area contributed by atoms with E-state index in [1.54, 1.807) is 6.07 Å². The van der Waals surface area contributed by atoms with Gasteiger partial charge in [-0.15, -0.1) is 0 Å². The molecule has 0 aromatic heterocycles. The van der Waals surface area contributed by atoms with E-state index in [1.165, 1.54) is 0 Å². The van der Waals surface area contributed by atoms with E-state index >= 15 is 0 Å². The zero-order valence-electron chi connectivity index (χ0n) is 12.3. The van der Waals surface area contributed by atoms with Gasteiger partial charge in [0.05, 0.1) is 11.8 Å². The van der Waals surface area contributed by atoms with Crippen molar-refractivity contribution in [3.8, 4) is 5.75 Å². The molecule has 0 spiro atoms. The summed E-state index contributed by atoms with van der Waals surface area (Å²) in [5, 5.41) is 17.6. The van der Waals surface area contributed by atoms with Crippen LogP contribution >= 0.6 is 12.2 Å². The number of phenols is 1. The van der Waals surface area contributed by atoms with Gasteiger partial charge in [0.15, 0.2) is 5.11 Å². The van der Waals surface area contributed by atoms with Gasteiger partial charge >= 0.3 is 0 Å².